The number of nitrogens with zero attached hydrogens (tertiary/aromatic N) is 1. The highest BCUT2D eigenvalue weighted by Crippen LogP contribution is 2.13. The van der Waals surface area contributed by atoms with Gasteiger partial charge in [0.05, 0.1) is 11.7 Å². The van der Waals surface area contributed by atoms with E-state index in [1.165, 1.54) is 12.1 Å². The minimum Gasteiger partial charge on any atom is -0.397 e. The lowest BCUT2D eigenvalue weighted by molar-refractivity contribution is 0.318. The van der Waals surface area contributed by atoms with E-state index in [-0.39, 0.29) is 26.8 Å². The average molecular weight is 257 g/mol. The number of hydrogen-bond acceptors (Lipinski definition) is 3. The van der Waals surface area contributed by atoms with Gasteiger partial charge in [0.2, 0.25) is 0 Å². The van der Waals surface area contributed by atoms with E-state index in [2.05, 4.69) is 0 Å². The second-order valence-corrected chi connectivity index (χ2v) is 3.10. The molecule has 0 unspecified atom stereocenters. The Morgan fingerprint density at radius 3 is 2.35 bits per heavy atom. The van der Waals surface area contributed by atoms with Gasteiger partial charge in [0.15, 0.2) is 8.46 Å². The summed E-state index contributed by atoms with van der Waals surface area (Å²) in [5.41, 5.74) is 0.643. The third kappa shape index (κ3) is 8.50. The third-order valence-corrected chi connectivity index (χ3v) is 1.90. The summed E-state index contributed by atoms with van der Waals surface area (Å²) in [5.74, 6) is -0.557. The quantitative estimate of drug-likeness (QED) is 0.824. The standard InChI is InChI=1S/C8H5FNOP.C2H6O.C2H6/c9-8-3-6(5-12-11)1-2-7(8)4-10;1-2-3;1-2/h1-3H,5H2;3H,2H2,1H3;1-2H3. The van der Waals surface area contributed by atoms with Gasteiger partial charge < -0.3 is 5.11 Å². The summed E-state index contributed by atoms with van der Waals surface area (Å²) in [4.78, 5) is 0. The fourth-order valence-corrected chi connectivity index (χ4v) is 1.17. The first-order valence-corrected chi connectivity index (χ1v) is 6.27. The molecule has 1 aromatic rings. The van der Waals surface area contributed by atoms with Crippen molar-refractivity contribution in [2.24, 2.45) is 0 Å². The molecule has 0 amide bonds. The van der Waals surface area contributed by atoms with Crippen molar-refractivity contribution in [3.63, 3.8) is 0 Å². The van der Waals surface area contributed by atoms with Crippen LogP contribution in [0.15, 0.2) is 18.2 Å². The van der Waals surface area contributed by atoms with Crippen molar-refractivity contribution in [3.05, 3.63) is 35.1 Å². The van der Waals surface area contributed by atoms with Gasteiger partial charge in [0.25, 0.3) is 0 Å². The average Bonchev–Trinajstić information content (AvgIpc) is 2.33. The Bertz CT molecular complexity index is 364. The Labute approximate surface area is 103 Å². The molecule has 0 spiro atoms. The van der Waals surface area contributed by atoms with Crippen LogP contribution in [0.3, 0.4) is 0 Å². The molecule has 94 valence electrons. The third-order valence-electron chi connectivity index (χ3n) is 1.40. The van der Waals surface area contributed by atoms with Crippen molar-refractivity contribution in [1.82, 2.24) is 0 Å². The van der Waals surface area contributed by atoms with Crippen LogP contribution in [-0.4, -0.2) is 11.7 Å². The molecule has 0 radical (unpaired) electrons. The number of hydrogen-bond donors (Lipinski definition) is 1. The minimum absolute atomic E-state index is 0.0151. The predicted octanol–water partition coefficient (Wildman–Crippen LogP) is 3.51. The Balaban J connectivity index is 0. The molecule has 5 heteroatoms. The molecule has 0 bridgehead atoms. The lowest BCUT2D eigenvalue weighted by Gasteiger charge is -1.95. The summed E-state index contributed by atoms with van der Waals surface area (Å²) in [6.45, 7) is 5.93. The molecular formula is C12H17FNO2P. The zero-order valence-electron chi connectivity index (χ0n) is 10.3. The Kier molecular flexibility index (Phi) is 13.6. The number of benzene rings is 1. The van der Waals surface area contributed by atoms with Crippen LogP contribution in [0.1, 0.15) is 31.9 Å². The topological polar surface area (TPSA) is 61.1 Å². The summed E-state index contributed by atoms with van der Waals surface area (Å²) in [5, 5.41) is 16.0. The molecule has 0 saturated heterocycles. The largest absolute Gasteiger partial charge is 0.397 e. The van der Waals surface area contributed by atoms with Crippen LogP contribution < -0.4 is 0 Å². The molecule has 0 atom stereocenters. The zero-order valence-corrected chi connectivity index (χ0v) is 11.2. The molecule has 0 aliphatic rings. The zero-order chi connectivity index (χ0) is 13.7. The van der Waals surface area contributed by atoms with E-state index < -0.39 is 5.82 Å². The molecular weight excluding hydrogens is 240 g/mol. The second kappa shape index (κ2) is 12.8. The normalized spacial score (nSPS) is 8.24. The SMILES string of the molecule is CC.CCO.N#Cc1ccc(CP=O)cc1F. The maximum Gasteiger partial charge on any atom is 0.160 e. The fourth-order valence-electron chi connectivity index (χ4n) is 0.822. The van der Waals surface area contributed by atoms with Gasteiger partial charge in [-0.3, -0.25) is 4.57 Å². The predicted molar refractivity (Wildman–Crippen MR) is 66.5 cm³/mol. The summed E-state index contributed by atoms with van der Waals surface area (Å²) < 4.78 is 23.0. The minimum atomic E-state index is -0.557. The van der Waals surface area contributed by atoms with Crippen molar-refractivity contribution in [2.45, 2.75) is 26.9 Å². The van der Waals surface area contributed by atoms with Gasteiger partial charge in [0.1, 0.15) is 11.9 Å². The maximum atomic E-state index is 12.8. The lowest BCUT2D eigenvalue weighted by Crippen LogP contribution is -1.85. The molecule has 0 saturated carbocycles. The molecule has 3 nitrogen and oxygen atoms in total. The summed E-state index contributed by atoms with van der Waals surface area (Å²) in [7, 11) is -0.0466. The van der Waals surface area contributed by atoms with E-state index in [0.717, 1.165) is 0 Å². The van der Waals surface area contributed by atoms with Crippen LogP contribution in [0.2, 0.25) is 0 Å². The van der Waals surface area contributed by atoms with Crippen molar-refractivity contribution >= 4 is 8.46 Å². The van der Waals surface area contributed by atoms with Crippen LogP contribution in [0.4, 0.5) is 4.39 Å². The van der Waals surface area contributed by atoms with E-state index in [4.69, 9.17) is 10.4 Å². The molecule has 0 aliphatic heterocycles. The highest BCUT2D eigenvalue weighted by atomic mass is 31.1. The van der Waals surface area contributed by atoms with Crippen LogP contribution in [0.25, 0.3) is 0 Å². The smallest absolute Gasteiger partial charge is 0.160 e. The number of aliphatic hydroxyl groups is 1. The van der Waals surface area contributed by atoms with E-state index in [0.29, 0.717) is 5.56 Å². The first-order valence-electron chi connectivity index (χ1n) is 5.28. The van der Waals surface area contributed by atoms with Gasteiger partial charge in [-0.25, -0.2) is 4.39 Å². The monoisotopic (exact) mass is 257 g/mol. The number of rotatable bonds is 2. The van der Waals surface area contributed by atoms with Crippen LogP contribution >= 0.6 is 8.46 Å². The lowest BCUT2D eigenvalue weighted by atomic mass is 10.1. The van der Waals surface area contributed by atoms with Gasteiger partial charge in [-0.15, -0.1) is 0 Å². The van der Waals surface area contributed by atoms with Crippen LogP contribution in [0, 0.1) is 17.1 Å². The molecule has 0 aromatic heterocycles. The van der Waals surface area contributed by atoms with E-state index in [9.17, 15) is 8.96 Å². The maximum absolute atomic E-state index is 12.8. The van der Waals surface area contributed by atoms with Gasteiger partial charge in [-0.05, 0) is 24.6 Å². The summed E-state index contributed by atoms with van der Waals surface area (Å²) in [6, 6.07) is 5.91. The number of aliphatic hydroxyl groups excluding tert-OH is 1. The molecule has 1 aromatic carbocycles. The summed E-state index contributed by atoms with van der Waals surface area (Å²) in [6.07, 6.45) is 0.280. The first kappa shape index (κ1) is 18.1. The first-order chi connectivity index (χ1) is 8.19. The van der Waals surface area contributed by atoms with Crippen LogP contribution in [-0.2, 0) is 10.7 Å². The summed E-state index contributed by atoms with van der Waals surface area (Å²) >= 11 is 0. The van der Waals surface area contributed by atoms with E-state index in [1.54, 1.807) is 19.1 Å². The highest BCUT2D eigenvalue weighted by molar-refractivity contribution is 7.22. The number of halogens is 1. The molecule has 0 fully saturated rings. The fraction of sp³-hybridized carbons (Fsp3) is 0.417. The highest BCUT2D eigenvalue weighted by Gasteiger charge is 2.01. The van der Waals surface area contributed by atoms with Gasteiger partial charge in [-0.2, -0.15) is 5.26 Å². The van der Waals surface area contributed by atoms with E-state index in [1.807, 2.05) is 13.8 Å². The molecule has 1 rings (SSSR count). The van der Waals surface area contributed by atoms with Gasteiger partial charge in [0, 0.05) is 6.61 Å². The van der Waals surface area contributed by atoms with Gasteiger partial charge in [-0.1, -0.05) is 19.9 Å². The molecule has 0 aliphatic carbocycles. The molecule has 1 N–H and O–H groups in total. The van der Waals surface area contributed by atoms with Crippen molar-refractivity contribution in [1.29, 1.82) is 5.26 Å². The molecule has 0 heterocycles. The van der Waals surface area contributed by atoms with Crippen molar-refractivity contribution in [2.75, 3.05) is 6.61 Å². The number of nitriles is 1. The second-order valence-electron chi connectivity index (χ2n) is 2.53. The Hall–Kier alpha value is -1.30. The Morgan fingerprint density at radius 2 is 2.00 bits per heavy atom. The van der Waals surface area contributed by atoms with Crippen LogP contribution in [0.5, 0.6) is 0 Å². The van der Waals surface area contributed by atoms with E-state index >= 15 is 0 Å². The molecule has 17 heavy (non-hydrogen) atoms. The Morgan fingerprint density at radius 1 is 1.47 bits per heavy atom. The van der Waals surface area contributed by atoms with Gasteiger partial charge >= 0.3 is 0 Å². The van der Waals surface area contributed by atoms with Crippen molar-refractivity contribution < 1.29 is 14.1 Å². The van der Waals surface area contributed by atoms with Crippen molar-refractivity contribution in [3.8, 4) is 6.07 Å².